The van der Waals surface area contributed by atoms with Gasteiger partial charge in [0.1, 0.15) is 12.7 Å². The van der Waals surface area contributed by atoms with Crippen molar-refractivity contribution in [3.05, 3.63) is 62.0 Å². The van der Waals surface area contributed by atoms with Crippen molar-refractivity contribution < 1.29 is 14.4 Å². The number of ether oxygens (including phenoxy) is 2. The van der Waals surface area contributed by atoms with Gasteiger partial charge in [-0.2, -0.15) is 0 Å². The van der Waals surface area contributed by atoms with E-state index >= 15 is 0 Å². The summed E-state index contributed by atoms with van der Waals surface area (Å²) >= 11 is 6.13. The Morgan fingerprint density at radius 3 is 2.81 bits per heavy atom. The van der Waals surface area contributed by atoms with Gasteiger partial charge in [-0.3, -0.25) is 19.6 Å². The number of fused-ring (bicyclic) bond motifs is 2. The highest BCUT2D eigenvalue weighted by atomic mass is 35.5. The lowest BCUT2D eigenvalue weighted by molar-refractivity contribution is -0.386. The van der Waals surface area contributed by atoms with E-state index in [0.29, 0.717) is 23.9 Å². The van der Waals surface area contributed by atoms with E-state index in [1.807, 2.05) is 12.1 Å². The number of halogens is 1. The van der Waals surface area contributed by atoms with E-state index in [0.717, 1.165) is 37.0 Å². The molecule has 9 nitrogen and oxygen atoms in total. The molecule has 2 aromatic carbocycles. The SMILES string of the molecule is O=c1[nH]c2ccc(Cl)cc2n1C1CCN(CC2COc3cccc([N+](=O)[O-])c3O2)CC1. The summed E-state index contributed by atoms with van der Waals surface area (Å²) in [4.78, 5) is 28.5. The molecule has 2 aliphatic rings. The van der Waals surface area contributed by atoms with Gasteiger partial charge in [0, 0.05) is 36.8 Å². The summed E-state index contributed by atoms with van der Waals surface area (Å²) in [6.45, 7) is 2.52. The molecular formula is C21H21ClN4O5. The van der Waals surface area contributed by atoms with Gasteiger partial charge in [-0.15, -0.1) is 0 Å². The summed E-state index contributed by atoms with van der Waals surface area (Å²) < 4.78 is 13.4. The fourth-order valence-corrected chi connectivity index (χ4v) is 4.63. The molecule has 0 saturated carbocycles. The van der Waals surface area contributed by atoms with Crippen LogP contribution in [0.1, 0.15) is 18.9 Å². The number of hydrogen-bond acceptors (Lipinski definition) is 6. The number of imidazole rings is 1. The first-order valence-corrected chi connectivity index (χ1v) is 10.6. The second-order valence-electron chi connectivity index (χ2n) is 7.91. The number of piperidine rings is 1. The molecule has 0 bridgehead atoms. The first-order valence-electron chi connectivity index (χ1n) is 10.2. The zero-order valence-corrected chi connectivity index (χ0v) is 17.4. The fraction of sp³-hybridized carbons (Fsp3) is 0.381. The van der Waals surface area contributed by atoms with E-state index in [1.165, 1.54) is 6.07 Å². The van der Waals surface area contributed by atoms with Gasteiger partial charge in [0.05, 0.1) is 16.0 Å². The summed E-state index contributed by atoms with van der Waals surface area (Å²) in [5.74, 6) is 0.599. The second-order valence-corrected chi connectivity index (χ2v) is 8.34. The molecule has 5 rings (SSSR count). The number of nitrogens with one attached hydrogen (secondary N) is 1. The number of aromatic nitrogens is 2. The Labute approximate surface area is 182 Å². The average molecular weight is 445 g/mol. The van der Waals surface area contributed by atoms with Crippen molar-refractivity contribution in [1.82, 2.24) is 14.5 Å². The van der Waals surface area contributed by atoms with E-state index in [9.17, 15) is 14.9 Å². The molecule has 2 aliphatic heterocycles. The van der Waals surface area contributed by atoms with Crippen molar-refractivity contribution in [3.8, 4) is 11.5 Å². The lowest BCUT2D eigenvalue weighted by Crippen LogP contribution is -2.45. The van der Waals surface area contributed by atoms with Crippen LogP contribution in [0.5, 0.6) is 11.5 Å². The highest BCUT2D eigenvalue weighted by Crippen LogP contribution is 2.40. The molecule has 162 valence electrons. The molecule has 31 heavy (non-hydrogen) atoms. The number of nitro benzene ring substituents is 1. The summed E-state index contributed by atoms with van der Waals surface area (Å²) in [6, 6.07) is 10.2. The second kappa shape index (κ2) is 7.90. The third kappa shape index (κ3) is 3.75. The Balaban J connectivity index is 1.25. The number of rotatable bonds is 4. The first kappa shape index (κ1) is 19.9. The molecular weight excluding hydrogens is 424 g/mol. The summed E-state index contributed by atoms with van der Waals surface area (Å²) in [7, 11) is 0. The molecule has 0 amide bonds. The molecule has 1 atom stereocenters. The third-order valence-electron chi connectivity index (χ3n) is 5.93. The molecule has 1 N–H and O–H groups in total. The molecule has 0 spiro atoms. The number of nitro groups is 1. The summed E-state index contributed by atoms with van der Waals surface area (Å²) in [5, 5.41) is 11.9. The zero-order chi connectivity index (χ0) is 21.5. The van der Waals surface area contributed by atoms with Gasteiger partial charge in [-0.25, -0.2) is 4.79 Å². The Kier molecular flexibility index (Phi) is 5.07. The quantitative estimate of drug-likeness (QED) is 0.489. The monoisotopic (exact) mass is 444 g/mol. The van der Waals surface area contributed by atoms with Crippen LogP contribution in [0.3, 0.4) is 0 Å². The smallest absolute Gasteiger partial charge is 0.326 e. The van der Waals surface area contributed by atoms with Gasteiger partial charge in [-0.05, 0) is 37.1 Å². The van der Waals surface area contributed by atoms with Gasteiger partial charge in [-0.1, -0.05) is 17.7 Å². The van der Waals surface area contributed by atoms with Crippen molar-refractivity contribution in [2.45, 2.75) is 25.0 Å². The van der Waals surface area contributed by atoms with Crippen molar-refractivity contribution in [2.75, 3.05) is 26.2 Å². The lowest BCUT2D eigenvalue weighted by atomic mass is 10.0. The van der Waals surface area contributed by atoms with Gasteiger partial charge in [0.25, 0.3) is 0 Å². The van der Waals surface area contributed by atoms with Crippen LogP contribution >= 0.6 is 11.6 Å². The number of benzene rings is 2. The van der Waals surface area contributed by atoms with Crippen molar-refractivity contribution in [3.63, 3.8) is 0 Å². The van der Waals surface area contributed by atoms with Gasteiger partial charge in [0.15, 0.2) is 5.75 Å². The largest absolute Gasteiger partial charge is 0.485 e. The molecule has 3 aromatic rings. The van der Waals surface area contributed by atoms with Crippen molar-refractivity contribution >= 4 is 28.3 Å². The van der Waals surface area contributed by atoms with E-state index in [2.05, 4.69) is 9.88 Å². The third-order valence-corrected chi connectivity index (χ3v) is 6.16. The minimum Gasteiger partial charge on any atom is -0.485 e. The number of likely N-dealkylation sites (tertiary alicyclic amines) is 1. The van der Waals surface area contributed by atoms with Crippen LogP contribution in [0.15, 0.2) is 41.2 Å². The van der Waals surface area contributed by atoms with Crippen molar-refractivity contribution in [2.24, 2.45) is 0 Å². The van der Waals surface area contributed by atoms with Crippen LogP contribution in [-0.2, 0) is 0 Å². The Bertz CT molecular complexity index is 1200. The standard InChI is InChI=1S/C21H21ClN4O5/c22-13-4-5-16-18(10-13)25(21(27)23-16)14-6-8-24(9-7-14)11-15-12-30-19-3-1-2-17(26(28)29)20(19)31-15/h1-5,10,14-15H,6-9,11-12H2,(H,23,27). The molecule has 0 radical (unpaired) electrons. The zero-order valence-electron chi connectivity index (χ0n) is 16.6. The Morgan fingerprint density at radius 2 is 2.03 bits per heavy atom. The molecule has 1 unspecified atom stereocenters. The van der Waals surface area contributed by atoms with E-state index in [-0.39, 0.29) is 29.3 Å². The van der Waals surface area contributed by atoms with E-state index in [4.69, 9.17) is 21.1 Å². The number of nitrogens with zero attached hydrogens (tertiary/aromatic N) is 3. The van der Waals surface area contributed by atoms with Crippen LogP contribution in [0, 0.1) is 10.1 Å². The van der Waals surface area contributed by atoms with Gasteiger partial charge >= 0.3 is 11.4 Å². The topological polar surface area (TPSA) is 103 Å². The maximum absolute atomic E-state index is 12.5. The van der Waals surface area contributed by atoms with Crippen LogP contribution in [0.2, 0.25) is 5.02 Å². The number of hydrogen-bond donors (Lipinski definition) is 1. The molecule has 10 heteroatoms. The predicted molar refractivity (Wildman–Crippen MR) is 115 cm³/mol. The predicted octanol–water partition coefficient (Wildman–Crippen LogP) is 3.37. The summed E-state index contributed by atoms with van der Waals surface area (Å²) in [5.41, 5.74) is 1.40. The molecule has 3 heterocycles. The number of H-pyrrole nitrogens is 1. The van der Waals surface area contributed by atoms with Gasteiger partial charge in [0.2, 0.25) is 5.75 Å². The first-order chi connectivity index (χ1) is 15.0. The number of aromatic amines is 1. The van der Waals surface area contributed by atoms with Crippen LogP contribution in [0.4, 0.5) is 5.69 Å². The maximum atomic E-state index is 12.5. The number of para-hydroxylation sites is 1. The maximum Gasteiger partial charge on any atom is 0.326 e. The van der Waals surface area contributed by atoms with Crippen LogP contribution in [0.25, 0.3) is 11.0 Å². The van der Waals surface area contributed by atoms with Crippen LogP contribution in [-0.4, -0.2) is 51.7 Å². The van der Waals surface area contributed by atoms with Crippen LogP contribution < -0.4 is 15.2 Å². The van der Waals surface area contributed by atoms with E-state index in [1.54, 1.807) is 22.8 Å². The molecule has 1 fully saturated rings. The minimum absolute atomic E-state index is 0.0845. The Hall–Kier alpha value is -3.04. The molecule has 0 aliphatic carbocycles. The highest BCUT2D eigenvalue weighted by Gasteiger charge is 2.31. The lowest BCUT2D eigenvalue weighted by Gasteiger charge is -2.35. The van der Waals surface area contributed by atoms with Gasteiger partial charge < -0.3 is 14.5 Å². The minimum atomic E-state index is -0.457. The van der Waals surface area contributed by atoms with Crippen molar-refractivity contribution in [1.29, 1.82) is 0 Å². The highest BCUT2D eigenvalue weighted by molar-refractivity contribution is 6.31. The molecule has 1 aromatic heterocycles. The molecule has 1 saturated heterocycles. The summed E-state index contributed by atoms with van der Waals surface area (Å²) in [6.07, 6.45) is 1.33. The normalized spacial score (nSPS) is 19.6. The Morgan fingerprint density at radius 1 is 1.23 bits per heavy atom. The fourth-order valence-electron chi connectivity index (χ4n) is 4.46. The average Bonchev–Trinajstić information content (AvgIpc) is 3.08. The van der Waals surface area contributed by atoms with E-state index < -0.39 is 4.92 Å².